The Hall–Kier alpha value is -4.59. The SMILES string of the molecule is COc1cccc(C2CC(=O)Oc3c(C(C)=O)c(O)c4c(C)cc(=O)oc4c32)c1OCc1ccccc1. The molecule has 0 spiro atoms. The van der Waals surface area contributed by atoms with E-state index in [4.69, 9.17) is 18.6 Å². The maximum Gasteiger partial charge on any atom is 0.336 e. The average Bonchev–Trinajstić information content (AvgIpc) is 2.86. The maximum absolute atomic E-state index is 12.8. The summed E-state index contributed by atoms with van der Waals surface area (Å²) >= 11 is 0. The number of fused-ring (bicyclic) bond motifs is 3. The lowest BCUT2D eigenvalue weighted by Gasteiger charge is -2.29. The van der Waals surface area contributed by atoms with Crippen molar-refractivity contribution in [3.8, 4) is 23.0 Å². The Morgan fingerprint density at radius 1 is 1.11 bits per heavy atom. The molecule has 0 saturated carbocycles. The molecule has 2 heterocycles. The van der Waals surface area contributed by atoms with Crippen molar-refractivity contribution in [1.29, 1.82) is 0 Å². The van der Waals surface area contributed by atoms with Crippen LogP contribution in [0.1, 0.15) is 51.9 Å². The normalized spacial score (nSPS) is 14.7. The summed E-state index contributed by atoms with van der Waals surface area (Å²) in [5.74, 6) is -1.50. The Bertz CT molecular complexity index is 1600. The lowest BCUT2D eigenvalue weighted by molar-refractivity contribution is -0.135. The Labute approximate surface area is 212 Å². The van der Waals surface area contributed by atoms with E-state index in [-0.39, 0.29) is 35.3 Å². The number of carbonyl (C=O) groups excluding carboxylic acids is 2. The number of phenolic OH excluding ortho intramolecular Hbond substituents is 1. The van der Waals surface area contributed by atoms with E-state index < -0.39 is 29.0 Å². The maximum atomic E-state index is 12.8. The summed E-state index contributed by atoms with van der Waals surface area (Å²) in [6, 6.07) is 16.1. The molecule has 1 aromatic heterocycles. The van der Waals surface area contributed by atoms with E-state index in [0.29, 0.717) is 28.2 Å². The number of ketones is 1. The first-order valence-corrected chi connectivity index (χ1v) is 11.7. The van der Waals surface area contributed by atoms with Crippen LogP contribution in [0.5, 0.6) is 23.0 Å². The number of esters is 1. The largest absolute Gasteiger partial charge is 0.506 e. The summed E-state index contributed by atoms with van der Waals surface area (Å²) in [5.41, 5.74) is 1.53. The first kappa shape index (κ1) is 24.1. The van der Waals surface area contributed by atoms with Gasteiger partial charge in [-0.2, -0.15) is 0 Å². The highest BCUT2D eigenvalue weighted by atomic mass is 16.5. The van der Waals surface area contributed by atoms with E-state index in [1.807, 2.05) is 30.3 Å². The molecule has 0 fully saturated rings. The van der Waals surface area contributed by atoms with Crippen molar-refractivity contribution in [3.63, 3.8) is 0 Å². The topological polar surface area (TPSA) is 112 Å². The summed E-state index contributed by atoms with van der Waals surface area (Å²) in [6.07, 6.45) is -0.114. The first-order chi connectivity index (χ1) is 17.8. The second-order valence-electron chi connectivity index (χ2n) is 8.86. The van der Waals surface area contributed by atoms with Gasteiger partial charge in [0.15, 0.2) is 23.0 Å². The minimum absolute atomic E-state index is 0.0526. The van der Waals surface area contributed by atoms with E-state index in [1.165, 1.54) is 20.1 Å². The third kappa shape index (κ3) is 4.20. The molecule has 1 aliphatic rings. The summed E-state index contributed by atoms with van der Waals surface area (Å²) in [4.78, 5) is 37.9. The van der Waals surface area contributed by atoms with Crippen molar-refractivity contribution in [2.75, 3.05) is 7.11 Å². The van der Waals surface area contributed by atoms with Crippen LogP contribution in [0.2, 0.25) is 0 Å². The van der Waals surface area contributed by atoms with Crippen LogP contribution in [0.4, 0.5) is 0 Å². The van der Waals surface area contributed by atoms with Crippen LogP contribution < -0.4 is 19.8 Å². The van der Waals surface area contributed by atoms with E-state index in [0.717, 1.165) is 5.56 Å². The fourth-order valence-electron chi connectivity index (χ4n) is 4.85. The fourth-order valence-corrected chi connectivity index (χ4v) is 4.85. The minimum atomic E-state index is -0.719. The molecule has 1 atom stereocenters. The standard InChI is InChI=1S/C29H24O8/c1-15-12-21(31)36-28-23(15)26(33)24(16(2)30)29-25(28)19(13-22(32)37-29)18-10-7-11-20(34-3)27(18)35-14-17-8-5-4-6-9-17/h4-12,19,33H,13-14H2,1-3H3. The number of benzene rings is 3. The number of methoxy groups -OCH3 is 1. The van der Waals surface area contributed by atoms with Gasteiger partial charge in [0.05, 0.1) is 18.9 Å². The molecule has 188 valence electrons. The van der Waals surface area contributed by atoms with Crippen molar-refractivity contribution in [3.05, 3.63) is 92.8 Å². The van der Waals surface area contributed by atoms with Crippen LogP contribution in [0.3, 0.4) is 0 Å². The molecule has 8 nitrogen and oxygen atoms in total. The number of Topliss-reactive ketones (excluding diaryl/α,β-unsaturated/α-hetero) is 1. The number of aromatic hydroxyl groups is 1. The number of carbonyl (C=O) groups is 2. The number of hydrogen-bond donors (Lipinski definition) is 1. The van der Waals surface area contributed by atoms with Gasteiger partial charge in [0.2, 0.25) is 0 Å². The van der Waals surface area contributed by atoms with Crippen molar-refractivity contribution in [2.45, 2.75) is 32.8 Å². The van der Waals surface area contributed by atoms with Crippen LogP contribution in [0, 0.1) is 6.92 Å². The van der Waals surface area contributed by atoms with Gasteiger partial charge in [-0.05, 0) is 31.0 Å². The van der Waals surface area contributed by atoms with Gasteiger partial charge in [-0.15, -0.1) is 0 Å². The van der Waals surface area contributed by atoms with Gasteiger partial charge < -0.3 is 23.7 Å². The highest BCUT2D eigenvalue weighted by molar-refractivity contribution is 6.09. The monoisotopic (exact) mass is 500 g/mol. The van der Waals surface area contributed by atoms with Gasteiger partial charge in [-0.1, -0.05) is 42.5 Å². The number of phenols is 1. The predicted octanol–water partition coefficient (Wildman–Crippen LogP) is 5.04. The molecule has 0 saturated heterocycles. The predicted molar refractivity (Wildman–Crippen MR) is 135 cm³/mol. The first-order valence-electron chi connectivity index (χ1n) is 11.7. The van der Waals surface area contributed by atoms with Crippen LogP contribution in [0.25, 0.3) is 11.0 Å². The number of para-hydroxylation sites is 1. The third-order valence-electron chi connectivity index (χ3n) is 6.47. The number of aryl methyl sites for hydroxylation is 1. The van der Waals surface area contributed by atoms with Gasteiger partial charge >= 0.3 is 11.6 Å². The summed E-state index contributed by atoms with van der Waals surface area (Å²) in [6.45, 7) is 3.15. The fraction of sp³-hybridized carbons (Fsp3) is 0.207. The highest BCUT2D eigenvalue weighted by Crippen LogP contribution is 2.52. The van der Waals surface area contributed by atoms with Gasteiger partial charge in [0, 0.05) is 23.1 Å². The molecule has 4 aromatic rings. The van der Waals surface area contributed by atoms with Crippen LogP contribution in [-0.4, -0.2) is 24.0 Å². The Morgan fingerprint density at radius 2 is 1.86 bits per heavy atom. The number of rotatable bonds is 6. The Kier molecular flexibility index (Phi) is 6.17. The third-order valence-corrected chi connectivity index (χ3v) is 6.47. The lowest BCUT2D eigenvalue weighted by atomic mass is 9.82. The lowest BCUT2D eigenvalue weighted by Crippen LogP contribution is -2.24. The Morgan fingerprint density at radius 3 is 2.57 bits per heavy atom. The van der Waals surface area contributed by atoms with Gasteiger partial charge in [0.25, 0.3) is 0 Å². The van der Waals surface area contributed by atoms with Crippen LogP contribution >= 0.6 is 0 Å². The second kappa shape index (κ2) is 9.46. The van der Waals surface area contributed by atoms with E-state index in [1.54, 1.807) is 25.1 Å². The molecule has 1 aliphatic heterocycles. The van der Waals surface area contributed by atoms with Crippen LogP contribution in [0.15, 0.2) is 63.8 Å². The van der Waals surface area contributed by atoms with E-state index in [9.17, 15) is 19.5 Å². The van der Waals surface area contributed by atoms with Crippen molar-refractivity contribution in [2.24, 2.45) is 0 Å². The molecular weight excluding hydrogens is 476 g/mol. The number of ether oxygens (including phenoxy) is 3. The van der Waals surface area contributed by atoms with Crippen molar-refractivity contribution < 1.29 is 33.3 Å². The Balaban J connectivity index is 1.79. The highest BCUT2D eigenvalue weighted by Gasteiger charge is 2.38. The molecule has 5 rings (SSSR count). The second-order valence-corrected chi connectivity index (χ2v) is 8.86. The van der Waals surface area contributed by atoms with Crippen LogP contribution in [-0.2, 0) is 11.4 Å². The summed E-state index contributed by atoms with van der Waals surface area (Å²) < 4.78 is 22.9. The zero-order chi connectivity index (χ0) is 26.3. The van der Waals surface area contributed by atoms with Crippen molar-refractivity contribution in [1.82, 2.24) is 0 Å². The molecule has 37 heavy (non-hydrogen) atoms. The van der Waals surface area contributed by atoms with E-state index >= 15 is 0 Å². The number of hydrogen-bond acceptors (Lipinski definition) is 8. The van der Waals surface area contributed by atoms with Gasteiger partial charge in [0.1, 0.15) is 23.5 Å². The molecule has 3 aromatic carbocycles. The zero-order valence-corrected chi connectivity index (χ0v) is 20.5. The minimum Gasteiger partial charge on any atom is -0.506 e. The molecule has 1 N–H and O–H groups in total. The molecule has 0 aliphatic carbocycles. The quantitative estimate of drug-likeness (QED) is 0.170. The van der Waals surface area contributed by atoms with Gasteiger partial charge in [-0.25, -0.2) is 4.79 Å². The molecule has 8 heteroatoms. The molecule has 0 radical (unpaired) electrons. The molecular formula is C29H24O8. The van der Waals surface area contributed by atoms with E-state index in [2.05, 4.69) is 0 Å². The molecule has 1 unspecified atom stereocenters. The molecule has 0 amide bonds. The zero-order valence-electron chi connectivity index (χ0n) is 20.5. The average molecular weight is 501 g/mol. The van der Waals surface area contributed by atoms with Crippen molar-refractivity contribution >= 4 is 22.7 Å². The molecule has 0 bridgehead atoms. The smallest absolute Gasteiger partial charge is 0.336 e. The summed E-state index contributed by atoms with van der Waals surface area (Å²) in [7, 11) is 1.52. The summed E-state index contributed by atoms with van der Waals surface area (Å²) in [5, 5.41) is 11.2. The van der Waals surface area contributed by atoms with Gasteiger partial charge in [-0.3, -0.25) is 9.59 Å².